The average Bonchev–Trinajstić information content (AvgIpc) is 3.68. The summed E-state index contributed by atoms with van der Waals surface area (Å²) in [5.74, 6) is -6.29. The summed E-state index contributed by atoms with van der Waals surface area (Å²) in [6, 6.07) is 13.6. The first-order valence-electron chi connectivity index (χ1n) is 12.1. The van der Waals surface area contributed by atoms with E-state index in [1.54, 1.807) is 30.3 Å². The van der Waals surface area contributed by atoms with E-state index in [9.17, 15) is 45.8 Å². The fourth-order valence-corrected chi connectivity index (χ4v) is 4.44. The molecule has 1 fully saturated rings. The van der Waals surface area contributed by atoms with Crippen molar-refractivity contribution in [1.29, 1.82) is 0 Å². The molecule has 1 saturated carbocycles. The van der Waals surface area contributed by atoms with E-state index in [0.717, 1.165) is 24.3 Å². The third-order valence-electron chi connectivity index (χ3n) is 6.57. The Morgan fingerprint density at radius 3 is 2.10 bits per heavy atom. The van der Waals surface area contributed by atoms with Gasteiger partial charge < -0.3 is 25.3 Å². The zero-order chi connectivity index (χ0) is 30.0. The van der Waals surface area contributed by atoms with Crippen molar-refractivity contribution in [1.82, 2.24) is 10.6 Å². The highest BCUT2D eigenvalue weighted by molar-refractivity contribution is 6.36. The van der Waals surface area contributed by atoms with Crippen LogP contribution in [0.15, 0.2) is 72.8 Å². The van der Waals surface area contributed by atoms with E-state index in [2.05, 4.69) is 15.4 Å². The van der Waals surface area contributed by atoms with Crippen LogP contribution in [-0.2, 0) is 21.5 Å². The fraction of sp³-hybridized carbons (Fsp3) is 0.250. The highest BCUT2D eigenvalue weighted by Crippen LogP contribution is 2.39. The number of carbonyl (C=O) groups is 3. The van der Waals surface area contributed by atoms with Gasteiger partial charge in [0.05, 0.1) is 5.54 Å². The van der Waals surface area contributed by atoms with Crippen molar-refractivity contribution in [3.63, 3.8) is 0 Å². The van der Waals surface area contributed by atoms with Crippen molar-refractivity contribution in [2.45, 2.75) is 42.9 Å². The number of halogens is 6. The van der Waals surface area contributed by atoms with Crippen molar-refractivity contribution in [3.8, 4) is 5.75 Å². The van der Waals surface area contributed by atoms with Gasteiger partial charge in [0.2, 0.25) is 5.78 Å². The van der Waals surface area contributed by atoms with Crippen molar-refractivity contribution in [2.75, 3.05) is 0 Å². The summed E-state index contributed by atoms with van der Waals surface area (Å²) >= 11 is 0. The van der Waals surface area contributed by atoms with Gasteiger partial charge in [0, 0.05) is 12.5 Å². The Kier molecular flexibility index (Phi) is 8.00. The van der Waals surface area contributed by atoms with Gasteiger partial charge in [-0.15, -0.1) is 0 Å². The lowest BCUT2D eigenvalue weighted by atomic mass is 9.77. The Hall–Kier alpha value is -4.55. The van der Waals surface area contributed by atoms with Gasteiger partial charge in [-0.25, -0.2) is 13.6 Å². The highest BCUT2D eigenvalue weighted by atomic mass is 19.3. The number of hydrogen-bond acceptors (Lipinski definition) is 5. The fourth-order valence-electron chi connectivity index (χ4n) is 4.44. The van der Waals surface area contributed by atoms with Gasteiger partial charge in [0.1, 0.15) is 28.9 Å². The number of carboxylic acid groups (broad SMARTS) is 1. The number of rotatable bonds is 11. The minimum absolute atomic E-state index is 0.0177. The second kappa shape index (κ2) is 11.1. The van der Waals surface area contributed by atoms with Crippen LogP contribution in [0.5, 0.6) is 5.75 Å². The standard InChI is InChI=1S/C28H22F6N2O5/c29-19-8-6-17(7-9-19)27(15-16-4-2-1-3-5-16,36-25(40)35-26(10-11-26)22(37)23(38)39)18-12-20(30)14-21(13-18)41-28(33,34)24(31)32/h1-9,12-14,24H,10-11,15H2,(H,38,39)(H2,35,36,40)/p-1. The maximum absolute atomic E-state index is 14.8. The molecule has 0 radical (unpaired) electrons. The number of aliphatic carboxylic acids is 1. The molecule has 1 aliphatic carbocycles. The Morgan fingerprint density at radius 1 is 0.902 bits per heavy atom. The molecule has 1 atom stereocenters. The SMILES string of the molecule is O=C(NC1(C(=O)C(=O)[O-])CC1)NC(Cc1ccccc1)(c1ccc(F)cc1)c1cc(F)cc(OC(F)(F)C(F)F)c1. The first-order valence-corrected chi connectivity index (χ1v) is 12.1. The third kappa shape index (κ3) is 6.44. The molecule has 0 aliphatic heterocycles. The van der Waals surface area contributed by atoms with Gasteiger partial charge >= 0.3 is 18.6 Å². The Bertz CT molecular complexity index is 1450. The molecule has 13 heteroatoms. The van der Waals surface area contributed by atoms with E-state index in [1.165, 1.54) is 12.1 Å². The number of amides is 2. The van der Waals surface area contributed by atoms with E-state index in [0.29, 0.717) is 11.6 Å². The van der Waals surface area contributed by atoms with E-state index >= 15 is 0 Å². The molecule has 2 amide bonds. The number of nitrogens with one attached hydrogen (secondary N) is 2. The minimum atomic E-state index is -4.99. The summed E-state index contributed by atoms with van der Waals surface area (Å²) in [5.41, 5.74) is -3.39. The second-order valence-electron chi connectivity index (χ2n) is 9.49. The molecular formula is C28H21F6N2O5-. The largest absolute Gasteiger partial charge is 0.542 e. The second-order valence-corrected chi connectivity index (χ2v) is 9.49. The van der Waals surface area contributed by atoms with Crippen LogP contribution in [0.4, 0.5) is 31.1 Å². The molecule has 3 aromatic carbocycles. The van der Waals surface area contributed by atoms with Crippen LogP contribution in [0.25, 0.3) is 0 Å². The summed E-state index contributed by atoms with van der Waals surface area (Å²) in [4.78, 5) is 36.6. The predicted molar refractivity (Wildman–Crippen MR) is 129 cm³/mol. The van der Waals surface area contributed by atoms with Gasteiger partial charge in [-0.1, -0.05) is 42.5 Å². The number of ether oxygens (including phenoxy) is 1. The summed E-state index contributed by atoms with van der Waals surface area (Å²) in [5, 5.41) is 16.0. The molecule has 0 aromatic heterocycles. The average molecular weight is 579 g/mol. The van der Waals surface area contributed by atoms with Crippen LogP contribution >= 0.6 is 0 Å². The van der Waals surface area contributed by atoms with Crippen LogP contribution < -0.4 is 20.5 Å². The smallest absolute Gasteiger partial charge is 0.461 e. The number of benzene rings is 3. The zero-order valence-electron chi connectivity index (χ0n) is 20.9. The molecule has 1 unspecified atom stereocenters. The maximum Gasteiger partial charge on any atom is 0.461 e. The van der Waals surface area contributed by atoms with E-state index in [4.69, 9.17) is 0 Å². The molecule has 2 N–H and O–H groups in total. The monoisotopic (exact) mass is 579 g/mol. The van der Waals surface area contributed by atoms with Crippen molar-refractivity contribution in [2.24, 2.45) is 0 Å². The minimum Gasteiger partial charge on any atom is -0.542 e. The summed E-state index contributed by atoms with van der Waals surface area (Å²) in [6.45, 7) is 0. The number of ketones is 1. The Labute approximate surface area is 229 Å². The first kappa shape index (κ1) is 29.4. The van der Waals surface area contributed by atoms with Crippen LogP contribution in [0, 0.1) is 11.6 Å². The van der Waals surface area contributed by atoms with Crippen molar-refractivity contribution >= 4 is 17.8 Å². The lowest BCUT2D eigenvalue weighted by Gasteiger charge is -2.37. The van der Waals surface area contributed by atoms with E-state index in [1.807, 2.05) is 0 Å². The van der Waals surface area contributed by atoms with Gasteiger partial charge in [0.25, 0.3) is 0 Å². The van der Waals surface area contributed by atoms with E-state index < -0.39 is 58.8 Å². The number of urea groups is 1. The summed E-state index contributed by atoms with van der Waals surface area (Å²) in [7, 11) is 0. The highest BCUT2D eigenvalue weighted by Gasteiger charge is 2.52. The molecule has 0 bridgehead atoms. The zero-order valence-corrected chi connectivity index (χ0v) is 20.9. The lowest BCUT2D eigenvalue weighted by molar-refractivity contribution is -0.300. The molecular weight excluding hydrogens is 558 g/mol. The molecule has 0 heterocycles. The van der Waals surface area contributed by atoms with Gasteiger partial charge in [-0.05, 0) is 53.8 Å². The van der Waals surface area contributed by atoms with Gasteiger partial charge in [-0.3, -0.25) is 4.79 Å². The number of alkyl halides is 4. The molecule has 41 heavy (non-hydrogen) atoms. The van der Waals surface area contributed by atoms with Crippen LogP contribution in [-0.4, -0.2) is 35.9 Å². The molecule has 0 saturated heterocycles. The predicted octanol–water partition coefficient (Wildman–Crippen LogP) is 3.84. The summed E-state index contributed by atoms with van der Waals surface area (Å²) in [6.07, 6.45) is -9.51. The molecule has 1 aliphatic rings. The van der Waals surface area contributed by atoms with E-state index in [-0.39, 0.29) is 30.4 Å². The van der Waals surface area contributed by atoms with Crippen LogP contribution in [0.3, 0.4) is 0 Å². The molecule has 3 aromatic rings. The van der Waals surface area contributed by atoms with Crippen molar-refractivity contribution < 1.29 is 50.6 Å². The maximum atomic E-state index is 14.8. The van der Waals surface area contributed by atoms with Gasteiger partial charge in [0.15, 0.2) is 0 Å². The Balaban J connectivity index is 1.87. The molecule has 216 valence electrons. The topological polar surface area (TPSA) is 108 Å². The molecule has 4 rings (SSSR count). The first-order chi connectivity index (χ1) is 19.3. The molecule has 7 nitrogen and oxygen atoms in total. The number of carbonyl (C=O) groups excluding carboxylic acids is 3. The third-order valence-corrected chi connectivity index (χ3v) is 6.57. The number of Topliss-reactive ketones (excluding diaryl/α,β-unsaturated/α-hetero) is 1. The number of carboxylic acids is 1. The van der Waals surface area contributed by atoms with Crippen molar-refractivity contribution in [3.05, 3.63) is 101 Å². The number of hydrogen-bond donors (Lipinski definition) is 2. The normalized spacial score (nSPS) is 15.5. The van der Waals surface area contributed by atoms with Gasteiger partial charge in [-0.2, -0.15) is 17.6 Å². The molecule has 0 spiro atoms. The summed E-state index contributed by atoms with van der Waals surface area (Å²) < 4.78 is 86.1. The van der Waals surface area contributed by atoms with Crippen LogP contribution in [0.1, 0.15) is 29.5 Å². The lowest BCUT2D eigenvalue weighted by Crippen LogP contribution is -2.58. The quantitative estimate of drug-likeness (QED) is 0.265. The van der Waals surface area contributed by atoms with Crippen LogP contribution in [0.2, 0.25) is 0 Å². The Morgan fingerprint density at radius 2 is 1.54 bits per heavy atom.